The first-order valence-corrected chi connectivity index (χ1v) is 12.4. The van der Waals surface area contributed by atoms with Gasteiger partial charge in [0.05, 0.1) is 9.30 Å². The Morgan fingerprint density at radius 1 is 1.28 bits per heavy atom. The Morgan fingerprint density at radius 3 is 2.38 bits per heavy atom. The molecule has 0 aliphatic carbocycles. The first-order valence-electron chi connectivity index (χ1n) is 8.85. The molecule has 17 nitrogen and oxygen atoms in total. The van der Waals surface area contributed by atoms with Crippen LogP contribution in [0.1, 0.15) is 14.7 Å². The van der Waals surface area contributed by atoms with Gasteiger partial charge in [-0.15, -0.1) is 6.42 Å². The molecule has 1 aromatic rings. The van der Waals surface area contributed by atoms with Gasteiger partial charge in [0.15, 0.2) is 11.8 Å². The molecule has 6 atom stereocenters. The zero-order chi connectivity index (χ0) is 26.5. The zero-order valence-corrected chi connectivity index (χ0v) is 18.2. The minimum absolute atomic E-state index is 0.172. The van der Waals surface area contributed by atoms with Crippen molar-refractivity contribution < 1.29 is 64.1 Å². The van der Waals surface area contributed by atoms with Crippen LogP contribution in [0.5, 0.6) is 0 Å². The maximum atomic E-state index is 12.2. The smallest absolute Gasteiger partial charge is 0.386 e. The zero-order valence-electron chi connectivity index (χ0n) is 17.5. The Labute approximate surface area is 180 Å². The first-order chi connectivity index (χ1) is 15.1. The molecule has 0 saturated carbocycles. The number of hydrogen-bond acceptors (Lipinski definition) is 11. The monoisotopic (exact) mass is 524 g/mol. The van der Waals surface area contributed by atoms with Crippen LogP contribution in [-0.2, 0) is 31.6 Å². The van der Waals surface area contributed by atoms with Crippen LogP contribution in [0.4, 0.5) is 0 Å². The lowest BCUT2D eigenvalue weighted by molar-refractivity contribution is -0.0771. The molecule has 180 valence electrons. The number of nitrogens with one attached hydrogen (secondary N) is 1. The molecule has 2 heterocycles. The molecule has 32 heavy (non-hydrogen) atoms. The van der Waals surface area contributed by atoms with Crippen LogP contribution in [0, 0.1) is 19.3 Å². The highest BCUT2D eigenvalue weighted by atomic mass is 31.3. The number of hydrogen-bond donors (Lipinski definition) is 7. The van der Waals surface area contributed by atoms with E-state index in [0.29, 0.717) is 4.57 Å². The number of aliphatic hydroxyl groups is 2. The van der Waals surface area contributed by atoms with Crippen molar-refractivity contribution in [2.75, 3.05) is 6.56 Å². The fourth-order valence-corrected chi connectivity index (χ4v) is 5.40. The van der Waals surface area contributed by atoms with Gasteiger partial charge in [-0.3, -0.25) is 18.9 Å². The van der Waals surface area contributed by atoms with E-state index in [1.54, 1.807) is 5.92 Å². The second-order valence-corrected chi connectivity index (χ2v) is 10.4. The summed E-state index contributed by atoms with van der Waals surface area (Å²) in [7, 11) is -17.8. The number of aliphatic hydroxyl groups excluding tert-OH is 1. The summed E-state index contributed by atoms with van der Waals surface area (Å²) in [6, 6.07) is 0.863. The maximum Gasteiger partial charge on any atom is 0.490 e. The molecule has 7 N–H and O–H groups in total. The number of aryl methyl sites for hydroxylation is 1. The third-order valence-electron chi connectivity index (χ3n) is 3.72. The fourth-order valence-electron chi connectivity index (χ4n) is 2.53. The lowest BCUT2D eigenvalue weighted by Gasteiger charge is -2.27. The highest BCUT2D eigenvalue weighted by Crippen LogP contribution is 2.66. The van der Waals surface area contributed by atoms with E-state index in [-0.39, 0.29) is 5.69 Å². The van der Waals surface area contributed by atoms with Crippen molar-refractivity contribution in [3.05, 3.63) is 32.6 Å². The lowest BCUT2D eigenvalue weighted by Crippen LogP contribution is -2.48. The predicted molar refractivity (Wildman–Crippen MR) is 99.6 cm³/mol. The normalized spacial score (nSPS) is 31.1. The Kier molecular flexibility index (Phi) is 6.70. The molecule has 1 fully saturated rings. The van der Waals surface area contributed by atoms with E-state index in [9.17, 15) is 38.4 Å². The van der Waals surface area contributed by atoms with Crippen molar-refractivity contribution in [2.45, 2.75) is 31.0 Å². The number of aromatic amines is 1. The second-order valence-electron chi connectivity index (χ2n) is 6.07. The van der Waals surface area contributed by atoms with Crippen molar-refractivity contribution in [3.63, 3.8) is 0 Å². The number of rotatable bonds is 8. The number of aromatic nitrogens is 2. The summed E-state index contributed by atoms with van der Waals surface area (Å²) in [6.45, 7) is -2.51. The van der Waals surface area contributed by atoms with Gasteiger partial charge in [-0.25, -0.2) is 18.5 Å². The Hall–Kier alpha value is -1.47. The molecule has 1 aliphatic heterocycles. The van der Waals surface area contributed by atoms with Crippen LogP contribution in [0.15, 0.2) is 15.7 Å². The number of H-pyrrole nitrogens is 1. The molecule has 0 bridgehead atoms. The summed E-state index contributed by atoms with van der Waals surface area (Å²) in [5.74, 6) is 1.69. The van der Waals surface area contributed by atoms with Crippen LogP contribution in [0.2, 0.25) is 0 Å². The van der Waals surface area contributed by atoms with Gasteiger partial charge in [0.2, 0.25) is 0 Å². The van der Waals surface area contributed by atoms with E-state index in [1.807, 2.05) is 4.98 Å². The summed E-state index contributed by atoms with van der Waals surface area (Å²) in [5.41, 5.74) is -5.13. The van der Waals surface area contributed by atoms with Crippen molar-refractivity contribution in [1.29, 1.82) is 0 Å². The summed E-state index contributed by atoms with van der Waals surface area (Å²) >= 11 is 0. The van der Waals surface area contributed by atoms with Crippen LogP contribution in [0.25, 0.3) is 0 Å². The minimum Gasteiger partial charge on any atom is -0.386 e. The molecule has 1 aromatic heterocycles. The molecular formula is C12H17N2O15P3. The second kappa shape index (κ2) is 9.05. The molecule has 0 amide bonds. The molecule has 2 rings (SSSR count). The Balaban J connectivity index is 2.41. The molecule has 3 unspecified atom stereocenters. The van der Waals surface area contributed by atoms with Crippen molar-refractivity contribution in [1.82, 2.24) is 9.55 Å². The van der Waals surface area contributed by atoms with Crippen molar-refractivity contribution >= 4 is 23.5 Å². The standard InChI is InChI=1S/C12H17N2O15P3/c1-3-12(18)9(16)7(27-10(12)14-6(2)4-8(15)13-11(14)17)5-26-31(22,23)29-32(24,25)28-30(19,20)21/h1,4,7,9-10,16,18H,5H2,2H3,(H,22,23)(H,24,25)(H,13,15,17)(H2,19,20,21)/t7-,9+,10-,12?/m1/s1/i5D2. The van der Waals surface area contributed by atoms with E-state index in [4.69, 9.17) is 28.6 Å². The van der Waals surface area contributed by atoms with Crippen LogP contribution >= 0.6 is 23.5 Å². The summed E-state index contributed by atoms with van der Waals surface area (Å²) in [6.07, 6.45) is -1.88. The fraction of sp³-hybridized carbons (Fsp3) is 0.500. The highest BCUT2D eigenvalue weighted by molar-refractivity contribution is 7.66. The molecule has 0 aromatic carbocycles. The van der Waals surface area contributed by atoms with Gasteiger partial charge in [0.25, 0.3) is 5.56 Å². The highest BCUT2D eigenvalue weighted by Gasteiger charge is 2.57. The molecule has 0 radical (unpaired) electrons. The molecular weight excluding hydrogens is 505 g/mol. The SMILES string of the molecule is [2H]C([2H])(OP(=O)(O)OP(=O)(O)OP(=O)(O)O)[C@H]1O[C@@H](n2c(C)cc(=O)[nH]c2=O)C(O)(C#C)[C@H]1O. The minimum atomic E-state index is -6.07. The van der Waals surface area contributed by atoms with Crippen LogP contribution < -0.4 is 11.2 Å². The largest absolute Gasteiger partial charge is 0.490 e. The topological polar surface area (TPSA) is 264 Å². The average Bonchev–Trinajstić information content (AvgIpc) is 2.83. The van der Waals surface area contributed by atoms with Gasteiger partial charge in [-0.2, -0.15) is 8.62 Å². The van der Waals surface area contributed by atoms with Gasteiger partial charge in [0, 0.05) is 11.8 Å². The quantitative estimate of drug-likeness (QED) is 0.141. The summed E-state index contributed by atoms with van der Waals surface area (Å²) < 4.78 is 66.3. The van der Waals surface area contributed by atoms with Crippen LogP contribution in [0.3, 0.4) is 0 Å². The van der Waals surface area contributed by atoms with Gasteiger partial charge < -0.3 is 34.5 Å². The lowest BCUT2D eigenvalue weighted by atomic mass is 9.95. The van der Waals surface area contributed by atoms with Gasteiger partial charge >= 0.3 is 29.2 Å². The summed E-state index contributed by atoms with van der Waals surface area (Å²) in [5, 5.41) is 21.1. The van der Waals surface area contributed by atoms with Crippen molar-refractivity contribution in [2.24, 2.45) is 0 Å². The van der Waals surface area contributed by atoms with Gasteiger partial charge in [-0.05, 0) is 6.92 Å². The van der Waals surface area contributed by atoms with Crippen molar-refractivity contribution in [3.8, 4) is 12.3 Å². The Morgan fingerprint density at radius 2 is 1.88 bits per heavy atom. The van der Waals surface area contributed by atoms with Gasteiger partial charge in [0.1, 0.15) is 12.2 Å². The molecule has 20 heteroatoms. The number of nitrogens with zero attached hydrogens (tertiary/aromatic N) is 1. The number of terminal acetylenes is 1. The first kappa shape index (κ1) is 23.7. The van der Waals surface area contributed by atoms with E-state index in [1.165, 1.54) is 6.92 Å². The molecule has 0 spiro atoms. The third-order valence-corrected chi connectivity index (χ3v) is 7.39. The van der Waals surface area contributed by atoms with E-state index in [0.717, 1.165) is 6.07 Å². The molecule has 1 aliphatic rings. The van der Waals surface area contributed by atoms with E-state index in [2.05, 4.69) is 13.1 Å². The molecule has 1 saturated heterocycles. The number of phosphoric acid groups is 3. The summed E-state index contributed by atoms with van der Waals surface area (Å²) in [4.78, 5) is 61.2. The Bertz CT molecular complexity index is 1270. The van der Waals surface area contributed by atoms with E-state index < -0.39 is 65.3 Å². The third kappa shape index (κ3) is 6.10. The number of phosphoric ester groups is 1. The van der Waals surface area contributed by atoms with Crippen LogP contribution in [-0.4, -0.2) is 63.7 Å². The average molecular weight is 524 g/mol. The maximum absolute atomic E-state index is 12.2. The predicted octanol–water partition coefficient (Wildman–Crippen LogP) is -2.19. The van der Waals surface area contributed by atoms with Gasteiger partial charge in [-0.1, -0.05) is 5.92 Å². The van der Waals surface area contributed by atoms with E-state index >= 15 is 0 Å². The number of ether oxygens (including phenoxy) is 1.